The lowest BCUT2D eigenvalue weighted by Gasteiger charge is -2.39. The molecule has 1 heterocycles. The predicted molar refractivity (Wildman–Crippen MR) is 88.8 cm³/mol. The molecule has 0 bridgehead atoms. The highest BCUT2D eigenvalue weighted by Crippen LogP contribution is 2.22. The number of rotatable bonds is 3. The number of hydrogen-bond donors (Lipinski definition) is 1. The molecule has 1 aliphatic heterocycles. The van der Waals surface area contributed by atoms with Crippen molar-refractivity contribution in [3.63, 3.8) is 0 Å². The van der Waals surface area contributed by atoms with Crippen molar-refractivity contribution in [3.05, 3.63) is 11.5 Å². The third-order valence-electron chi connectivity index (χ3n) is 2.80. The lowest BCUT2D eigenvalue weighted by atomic mass is 10.0. The largest absolute Gasteiger partial charge is 0.444 e. The summed E-state index contributed by atoms with van der Waals surface area (Å²) in [7, 11) is -3.99. The molecule has 0 aliphatic carbocycles. The first-order valence-electron chi connectivity index (χ1n) is 7.62. The molecule has 0 aromatic heterocycles. The number of amides is 2. The van der Waals surface area contributed by atoms with Crippen LogP contribution in [0.25, 0.3) is 0 Å². The van der Waals surface area contributed by atoms with Crippen LogP contribution in [0.15, 0.2) is 11.5 Å². The average molecular weight is 362 g/mol. The van der Waals surface area contributed by atoms with Gasteiger partial charge >= 0.3 is 12.2 Å². The van der Waals surface area contributed by atoms with Crippen LogP contribution in [0.1, 0.15) is 48.0 Å². The number of nitrogens with zero attached hydrogens (tertiary/aromatic N) is 1. The molecule has 1 saturated heterocycles. The van der Waals surface area contributed by atoms with Gasteiger partial charge in [-0.3, -0.25) is 0 Å². The molecule has 0 aromatic rings. The van der Waals surface area contributed by atoms with Crippen molar-refractivity contribution in [1.82, 2.24) is 9.62 Å². The van der Waals surface area contributed by atoms with Crippen LogP contribution in [0.3, 0.4) is 0 Å². The van der Waals surface area contributed by atoms with Crippen molar-refractivity contribution in [3.8, 4) is 0 Å². The highest BCUT2D eigenvalue weighted by molar-refractivity contribution is 7.92. The Kier molecular flexibility index (Phi) is 5.91. The lowest BCUT2D eigenvalue weighted by Crippen LogP contribution is -2.51. The third kappa shape index (κ3) is 7.20. The van der Waals surface area contributed by atoms with Gasteiger partial charge < -0.3 is 14.4 Å². The zero-order valence-electron chi connectivity index (χ0n) is 15.0. The van der Waals surface area contributed by atoms with Crippen LogP contribution < -0.4 is 4.72 Å². The molecule has 1 rings (SSSR count). The first-order chi connectivity index (χ1) is 10.7. The summed E-state index contributed by atoms with van der Waals surface area (Å²) in [6, 6.07) is -0.380. The van der Waals surface area contributed by atoms with Crippen molar-refractivity contribution in [1.29, 1.82) is 0 Å². The second-order valence-electron chi connectivity index (χ2n) is 7.51. The molecule has 1 aliphatic rings. The summed E-state index contributed by atoms with van der Waals surface area (Å²) < 4.78 is 35.6. The van der Waals surface area contributed by atoms with Crippen LogP contribution in [0.5, 0.6) is 0 Å². The molecule has 24 heavy (non-hydrogen) atoms. The van der Waals surface area contributed by atoms with Gasteiger partial charge in [0.2, 0.25) is 0 Å². The Morgan fingerprint density at radius 3 is 2.04 bits per heavy atom. The summed E-state index contributed by atoms with van der Waals surface area (Å²) in [5.74, 6) is 0. The fraction of sp³-hybridized carbons (Fsp3) is 0.733. The van der Waals surface area contributed by atoms with Crippen LogP contribution in [-0.4, -0.2) is 49.3 Å². The molecule has 1 atom stereocenters. The van der Waals surface area contributed by atoms with Gasteiger partial charge in [0.1, 0.15) is 11.2 Å². The second-order valence-corrected chi connectivity index (χ2v) is 9.07. The van der Waals surface area contributed by atoms with Crippen LogP contribution in [0.4, 0.5) is 9.59 Å². The van der Waals surface area contributed by atoms with Crippen molar-refractivity contribution >= 4 is 22.2 Å². The quantitative estimate of drug-likeness (QED) is 0.827. The van der Waals surface area contributed by atoms with Gasteiger partial charge in [-0.05, 0) is 54.0 Å². The third-order valence-corrected chi connectivity index (χ3v) is 3.77. The van der Waals surface area contributed by atoms with Gasteiger partial charge in [-0.15, -0.1) is 0 Å². The molecule has 1 unspecified atom stereocenters. The lowest BCUT2D eigenvalue weighted by molar-refractivity contribution is 0.00278. The Morgan fingerprint density at radius 2 is 1.62 bits per heavy atom. The highest BCUT2D eigenvalue weighted by Gasteiger charge is 2.34. The van der Waals surface area contributed by atoms with Crippen LogP contribution >= 0.6 is 0 Å². The van der Waals surface area contributed by atoms with E-state index in [1.165, 1.54) is 11.0 Å². The molecule has 2 amide bonds. The molecule has 0 radical (unpaired) electrons. The first-order valence-corrected chi connectivity index (χ1v) is 9.17. The molecule has 138 valence electrons. The van der Waals surface area contributed by atoms with Gasteiger partial charge in [-0.25, -0.2) is 22.7 Å². The van der Waals surface area contributed by atoms with Gasteiger partial charge in [-0.2, -0.15) is 0 Å². The van der Waals surface area contributed by atoms with E-state index in [9.17, 15) is 18.0 Å². The maximum Gasteiger partial charge on any atom is 0.421 e. The zero-order chi connectivity index (χ0) is 18.8. The Hall–Kier alpha value is -1.77. The van der Waals surface area contributed by atoms with Gasteiger partial charge in [0.25, 0.3) is 10.0 Å². The standard InChI is InChI=1S/C15H26N2O6S/c1-14(2,3)22-12(18)16-24(20,21)10-8-11-7-9-17(11)13(19)23-15(4,5)6/h8,10-11H,7,9H2,1-6H3,(H,16,18)/b10-8+. The Morgan fingerprint density at radius 1 is 1.08 bits per heavy atom. The second kappa shape index (κ2) is 7.00. The van der Waals surface area contributed by atoms with E-state index in [0.717, 1.165) is 5.41 Å². The van der Waals surface area contributed by atoms with E-state index in [2.05, 4.69) is 0 Å². The number of carbonyl (C=O) groups excluding carboxylic acids is 2. The predicted octanol–water partition coefficient (Wildman–Crippen LogP) is 2.36. The van der Waals surface area contributed by atoms with Crippen molar-refractivity contribution in [2.75, 3.05) is 6.54 Å². The molecular formula is C15H26N2O6S. The fourth-order valence-electron chi connectivity index (χ4n) is 1.80. The Bertz CT molecular complexity index is 613. The van der Waals surface area contributed by atoms with E-state index in [1.54, 1.807) is 46.3 Å². The molecule has 8 nitrogen and oxygen atoms in total. The number of ether oxygens (including phenoxy) is 2. The molecule has 9 heteroatoms. The minimum atomic E-state index is -3.99. The monoisotopic (exact) mass is 362 g/mol. The summed E-state index contributed by atoms with van der Waals surface area (Å²) in [5.41, 5.74) is -1.42. The minimum Gasteiger partial charge on any atom is -0.444 e. The van der Waals surface area contributed by atoms with Crippen LogP contribution in [0.2, 0.25) is 0 Å². The van der Waals surface area contributed by atoms with E-state index < -0.39 is 33.4 Å². The number of sulfonamides is 1. The maximum absolute atomic E-state index is 11.9. The van der Waals surface area contributed by atoms with E-state index in [-0.39, 0.29) is 6.04 Å². The van der Waals surface area contributed by atoms with E-state index in [0.29, 0.717) is 13.0 Å². The van der Waals surface area contributed by atoms with Crippen molar-refractivity contribution in [2.24, 2.45) is 0 Å². The van der Waals surface area contributed by atoms with Gasteiger partial charge in [0, 0.05) is 12.0 Å². The first kappa shape index (κ1) is 20.3. The van der Waals surface area contributed by atoms with E-state index in [1.807, 2.05) is 0 Å². The molecule has 1 fully saturated rings. The van der Waals surface area contributed by atoms with Crippen molar-refractivity contribution < 1.29 is 27.5 Å². The summed E-state index contributed by atoms with van der Waals surface area (Å²) >= 11 is 0. The van der Waals surface area contributed by atoms with Gasteiger partial charge in [0.05, 0.1) is 6.04 Å². The molecule has 1 N–H and O–H groups in total. The number of hydrogen-bond acceptors (Lipinski definition) is 6. The minimum absolute atomic E-state index is 0.380. The van der Waals surface area contributed by atoms with Crippen LogP contribution in [0, 0.1) is 0 Å². The number of likely N-dealkylation sites (tertiary alicyclic amines) is 1. The zero-order valence-corrected chi connectivity index (χ0v) is 15.8. The molecular weight excluding hydrogens is 336 g/mol. The highest BCUT2D eigenvalue weighted by atomic mass is 32.2. The molecule has 0 aromatic carbocycles. The Labute approximate surface area is 143 Å². The average Bonchev–Trinajstić information content (AvgIpc) is 2.19. The normalized spacial score (nSPS) is 18.9. The number of carbonyl (C=O) groups is 2. The van der Waals surface area contributed by atoms with Crippen LogP contribution in [-0.2, 0) is 19.5 Å². The summed E-state index contributed by atoms with van der Waals surface area (Å²) in [5, 5.41) is 0.859. The van der Waals surface area contributed by atoms with E-state index in [4.69, 9.17) is 9.47 Å². The number of nitrogens with one attached hydrogen (secondary N) is 1. The topological polar surface area (TPSA) is 102 Å². The van der Waals surface area contributed by atoms with E-state index >= 15 is 0 Å². The fourth-order valence-corrected chi connectivity index (χ4v) is 2.53. The van der Waals surface area contributed by atoms with Gasteiger partial charge in [0.15, 0.2) is 0 Å². The Balaban J connectivity index is 2.61. The SMILES string of the molecule is CC(C)(C)OC(=O)NS(=O)(=O)/C=C/C1CCN1C(=O)OC(C)(C)C. The summed E-state index contributed by atoms with van der Waals surface area (Å²) in [6.07, 6.45) is 0.420. The molecule has 0 saturated carbocycles. The van der Waals surface area contributed by atoms with Crippen molar-refractivity contribution in [2.45, 2.75) is 65.2 Å². The van der Waals surface area contributed by atoms with Gasteiger partial charge in [-0.1, -0.05) is 0 Å². The smallest absolute Gasteiger partial charge is 0.421 e. The maximum atomic E-state index is 11.9. The summed E-state index contributed by atoms with van der Waals surface area (Å²) in [4.78, 5) is 24.9. The summed E-state index contributed by atoms with van der Waals surface area (Å²) in [6.45, 7) is 10.6. The molecule has 0 spiro atoms.